The maximum Gasteiger partial charge on any atom is 0.325 e. The smallest absolute Gasteiger partial charge is 0.325 e. The molecule has 1 aromatic carbocycles. The Morgan fingerprint density at radius 1 is 1.23 bits per heavy atom. The second-order valence-electron chi connectivity index (χ2n) is 6.83. The third kappa shape index (κ3) is 3.44. The molecular weight excluding hydrogens is 338 g/mol. The van der Waals surface area contributed by atoms with Crippen molar-refractivity contribution in [1.29, 1.82) is 0 Å². The highest BCUT2D eigenvalue weighted by atomic mass is 16.6. The Hall–Kier alpha value is -2.77. The molecule has 26 heavy (non-hydrogen) atoms. The van der Waals surface area contributed by atoms with Crippen molar-refractivity contribution in [2.24, 2.45) is 0 Å². The van der Waals surface area contributed by atoms with Gasteiger partial charge in [0.15, 0.2) is 11.5 Å². The fourth-order valence-electron chi connectivity index (χ4n) is 2.98. The number of hydrogen-bond donors (Lipinski definition) is 1. The van der Waals surface area contributed by atoms with E-state index in [2.05, 4.69) is 5.32 Å². The van der Waals surface area contributed by atoms with E-state index in [1.807, 2.05) is 25.1 Å². The second-order valence-corrected chi connectivity index (χ2v) is 6.83. The summed E-state index contributed by atoms with van der Waals surface area (Å²) in [4.78, 5) is 39.4. The number of carbonyl (C=O) groups excluding carboxylic acids is 3. The van der Waals surface area contributed by atoms with Crippen molar-refractivity contribution in [2.45, 2.75) is 32.9 Å². The number of nitrogens with one attached hydrogen (secondary N) is 1. The number of nitrogens with zero attached hydrogens (tertiary/aromatic N) is 2. The molecule has 1 aromatic rings. The molecule has 1 saturated heterocycles. The van der Waals surface area contributed by atoms with E-state index in [-0.39, 0.29) is 12.5 Å². The van der Waals surface area contributed by atoms with Gasteiger partial charge in [0.1, 0.15) is 25.3 Å². The van der Waals surface area contributed by atoms with E-state index in [4.69, 9.17) is 9.47 Å². The zero-order chi connectivity index (χ0) is 18.9. The van der Waals surface area contributed by atoms with Crippen LogP contribution < -0.4 is 14.8 Å². The summed E-state index contributed by atoms with van der Waals surface area (Å²) in [7, 11) is 0. The summed E-state index contributed by atoms with van der Waals surface area (Å²) in [6.45, 7) is 6.65. The van der Waals surface area contributed by atoms with E-state index in [0.717, 1.165) is 10.5 Å². The van der Waals surface area contributed by atoms with Gasteiger partial charge in [0, 0.05) is 13.1 Å². The van der Waals surface area contributed by atoms with Crippen LogP contribution in [0.1, 0.15) is 26.3 Å². The number of carbonyl (C=O) groups is 3. The van der Waals surface area contributed by atoms with Gasteiger partial charge in [0.2, 0.25) is 5.91 Å². The minimum absolute atomic E-state index is 0.271. The number of amides is 4. The van der Waals surface area contributed by atoms with Gasteiger partial charge in [0.05, 0.1) is 0 Å². The lowest BCUT2D eigenvalue weighted by Crippen LogP contribution is -2.44. The number of likely N-dealkylation sites (N-methyl/N-ethyl adjacent to an activating group) is 1. The lowest BCUT2D eigenvalue weighted by Gasteiger charge is -2.25. The van der Waals surface area contributed by atoms with Gasteiger partial charge in [-0.2, -0.15) is 0 Å². The molecule has 2 aliphatic rings. The molecule has 1 N–H and O–H groups in total. The van der Waals surface area contributed by atoms with Gasteiger partial charge in [-0.25, -0.2) is 4.79 Å². The van der Waals surface area contributed by atoms with Crippen LogP contribution in [0.3, 0.4) is 0 Å². The van der Waals surface area contributed by atoms with Crippen molar-refractivity contribution >= 4 is 17.8 Å². The van der Waals surface area contributed by atoms with Crippen LogP contribution >= 0.6 is 0 Å². The molecule has 0 aliphatic carbocycles. The van der Waals surface area contributed by atoms with Gasteiger partial charge in [-0.05, 0) is 38.5 Å². The fourth-order valence-corrected chi connectivity index (χ4v) is 2.98. The van der Waals surface area contributed by atoms with Gasteiger partial charge in [-0.1, -0.05) is 6.07 Å². The van der Waals surface area contributed by atoms with Crippen molar-refractivity contribution in [3.8, 4) is 11.5 Å². The molecule has 1 fully saturated rings. The number of urea groups is 1. The Morgan fingerprint density at radius 3 is 2.54 bits per heavy atom. The number of benzene rings is 1. The highest BCUT2D eigenvalue weighted by molar-refractivity contribution is 6.08. The average Bonchev–Trinajstić information content (AvgIpc) is 2.81. The molecule has 0 radical (unpaired) electrons. The van der Waals surface area contributed by atoms with Crippen LogP contribution in [0.15, 0.2) is 18.2 Å². The number of fused-ring (bicyclic) bond motifs is 1. The van der Waals surface area contributed by atoms with E-state index in [1.165, 1.54) is 0 Å². The molecule has 4 amide bonds. The Morgan fingerprint density at radius 2 is 1.92 bits per heavy atom. The number of rotatable bonds is 5. The molecule has 0 spiro atoms. The van der Waals surface area contributed by atoms with Crippen LogP contribution in [-0.4, -0.2) is 59.5 Å². The molecule has 0 unspecified atom stereocenters. The van der Waals surface area contributed by atoms with E-state index in [9.17, 15) is 14.4 Å². The van der Waals surface area contributed by atoms with Crippen LogP contribution in [0.5, 0.6) is 11.5 Å². The van der Waals surface area contributed by atoms with Gasteiger partial charge in [-0.3, -0.25) is 14.5 Å². The molecule has 140 valence electrons. The van der Waals surface area contributed by atoms with Gasteiger partial charge >= 0.3 is 6.03 Å². The van der Waals surface area contributed by atoms with E-state index >= 15 is 0 Å². The predicted molar refractivity (Wildman–Crippen MR) is 92.8 cm³/mol. The van der Waals surface area contributed by atoms with Crippen molar-refractivity contribution in [3.05, 3.63) is 23.8 Å². The first-order valence-electron chi connectivity index (χ1n) is 8.62. The Balaban J connectivity index is 1.68. The second kappa shape index (κ2) is 6.86. The predicted octanol–water partition coefficient (Wildman–Crippen LogP) is 1.14. The molecular formula is C18H23N3O5. The highest BCUT2D eigenvalue weighted by Gasteiger charge is 2.45. The molecule has 8 heteroatoms. The van der Waals surface area contributed by atoms with Crippen molar-refractivity contribution < 1.29 is 23.9 Å². The number of hydrogen-bond acceptors (Lipinski definition) is 5. The molecule has 8 nitrogen and oxygen atoms in total. The molecule has 2 aliphatic heterocycles. The third-order valence-corrected chi connectivity index (χ3v) is 4.45. The average molecular weight is 361 g/mol. The SMILES string of the molecule is CCN(Cc1ccc2c(c1)OCCO2)C(=O)CN1C(=O)NC(C)(C)C1=O. The van der Waals surface area contributed by atoms with Crippen molar-refractivity contribution in [2.75, 3.05) is 26.3 Å². The summed E-state index contributed by atoms with van der Waals surface area (Å²) in [5.74, 6) is 0.666. The van der Waals surface area contributed by atoms with E-state index in [0.29, 0.717) is 37.8 Å². The van der Waals surface area contributed by atoms with Crippen LogP contribution in [0, 0.1) is 0 Å². The molecule has 0 aromatic heterocycles. The van der Waals surface area contributed by atoms with Gasteiger partial charge in [0.25, 0.3) is 5.91 Å². The van der Waals surface area contributed by atoms with Crippen LogP contribution in [0.2, 0.25) is 0 Å². The number of imide groups is 1. The maximum atomic E-state index is 12.6. The maximum absolute atomic E-state index is 12.6. The lowest BCUT2D eigenvalue weighted by atomic mass is 10.1. The highest BCUT2D eigenvalue weighted by Crippen LogP contribution is 2.31. The molecule has 0 saturated carbocycles. The minimum Gasteiger partial charge on any atom is -0.486 e. The molecule has 0 bridgehead atoms. The first-order valence-corrected chi connectivity index (χ1v) is 8.62. The molecule has 3 rings (SSSR count). The van der Waals surface area contributed by atoms with Gasteiger partial charge in [-0.15, -0.1) is 0 Å². The van der Waals surface area contributed by atoms with E-state index in [1.54, 1.807) is 18.7 Å². The normalized spacial score (nSPS) is 17.9. The van der Waals surface area contributed by atoms with Crippen LogP contribution in [0.4, 0.5) is 4.79 Å². The fraction of sp³-hybridized carbons (Fsp3) is 0.500. The molecule has 0 atom stereocenters. The topological polar surface area (TPSA) is 88.2 Å². The summed E-state index contributed by atoms with van der Waals surface area (Å²) < 4.78 is 11.1. The summed E-state index contributed by atoms with van der Waals surface area (Å²) in [6.07, 6.45) is 0. The summed E-state index contributed by atoms with van der Waals surface area (Å²) in [5.41, 5.74) is -0.0912. The van der Waals surface area contributed by atoms with Crippen molar-refractivity contribution in [1.82, 2.24) is 15.1 Å². The summed E-state index contributed by atoms with van der Waals surface area (Å²) in [5, 5.41) is 2.58. The van der Waals surface area contributed by atoms with Crippen LogP contribution in [0.25, 0.3) is 0 Å². The minimum atomic E-state index is -0.982. The Kier molecular flexibility index (Phi) is 4.76. The summed E-state index contributed by atoms with van der Waals surface area (Å²) in [6, 6.07) is 5.01. The Labute approximate surface area is 152 Å². The lowest BCUT2D eigenvalue weighted by molar-refractivity contribution is -0.138. The molecule has 2 heterocycles. The summed E-state index contributed by atoms with van der Waals surface area (Å²) >= 11 is 0. The Bertz CT molecular complexity index is 746. The quantitative estimate of drug-likeness (QED) is 0.795. The third-order valence-electron chi connectivity index (χ3n) is 4.45. The van der Waals surface area contributed by atoms with Crippen LogP contribution in [-0.2, 0) is 16.1 Å². The van der Waals surface area contributed by atoms with Gasteiger partial charge < -0.3 is 19.7 Å². The number of ether oxygens (including phenoxy) is 2. The largest absolute Gasteiger partial charge is 0.486 e. The standard InChI is InChI=1S/C18H23N3O5/c1-4-20(10-12-5-6-13-14(9-12)26-8-7-25-13)15(22)11-21-16(23)18(2,3)19-17(21)24/h5-6,9H,4,7-8,10-11H2,1-3H3,(H,19,24). The van der Waals surface area contributed by atoms with E-state index < -0.39 is 17.5 Å². The van der Waals surface area contributed by atoms with Crippen molar-refractivity contribution in [3.63, 3.8) is 0 Å². The zero-order valence-corrected chi connectivity index (χ0v) is 15.2. The first kappa shape index (κ1) is 18.0. The zero-order valence-electron chi connectivity index (χ0n) is 15.2. The monoisotopic (exact) mass is 361 g/mol. The first-order chi connectivity index (χ1) is 12.3.